The number of carbonyl (C=O) groups is 2. The van der Waals surface area contributed by atoms with Gasteiger partial charge in [0.15, 0.2) is 0 Å². The van der Waals surface area contributed by atoms with Crippen molar-refractivity contribution in [3.8, 4) is 0 Å². The number of imide groups is 1. The minimum atomic E-state index is -0.384. The van der Waals surface area contributed by atoms with Crippen molar-refractivity contribution in [2.75, 3.05) is 5.32 Å². The van der Waals surface area contributed by atoms with Gasteiger partial charge in [-0.25, -0.2) is 9.97 Å². The van der Waals surface area contributed by atoms with Gasteiger partial charge in [-0.05, 0) is 61.2 Å². The topological polar surface area (TPSA) is 109 Å². The molecule has 9 heteroatoms. The first-order valence-corrected chi connectivity index (χ1v) is 10.4. The van der Waals surface area contributed by atoms with Gasteiger partial charge in [-0.15, -0.1) is 0 Å². The number of anilines is 1. The molecule has 1 saturated carbocycles. The Morgan fingerprint density at radius 1 is 1.14 bits per heavy atom. The molecule has 0 atom stereocenters. The second-order valence-electron chi connectivity index (χ2n) is 7.09. The van der Waals surface area contributed by atoms with Crippen LogP contribution in [0, 0.1) is 0 Å². The van der Waals surface area contributed by atoms with Gasteiger partial charge in [0.1, 0.15) is 0 Å². The lowest BCUT2D eigenvalue weighted by atomic mass is 9.91. The molecule has 2 amide bonds. The van der Waals surface area contributed by atoms with E-state index in [1.54, 1.807) is 24.5 Å². The standard InChI is InChI=1S/C20H22N6O2S/c27-18-17(29-20(28)26-18)10-16-7-9-22-19(25-16)24-15-5-3-14(4-6-15)23-12-13-2-1-8-21-11-13/h1-2,7-11,14-15,23H,3-6,12H2,(H,22,24,25)(H,26,27,28). The zero-order valence-corrected chi connectivity index (χ0v) is 16.6. The molecular formula is C20H22N6O2S. The third kappa shape index (κ3) is 5.39. The molecule has 8 nitrogen and oxygen atoms in total. The van der Waals surface area contributed by atoms with E-state index in [4.69, 9.17) is 0 Å². The minimum Gasteiger partial charge on any atom is -0.351 e. The van der Waals surface area contributed by atoms with Crippen molar-refractivity contribution in [3.05, 3.63) is 53.0 Å². The fourth-order valence-electron chi connectivity index (χ4n) is 3.47. The van der Waals surface area contributed by atoms with Crippen molar-refractivity contribution >= 4 is 34.9 Å². The summed E-state index contributed by atoms with van der Waals surface area (Å²) in [6.45, 7) is 0.838. The molecule has 0 unspecified atom stereocenters. The molecule has 0 aromatic carbocycles. The highest BCUT2D eigenvalue weighted by atomic mass is 32.2. The Morgan fingerprint density at radius 2 is 1.97 bits per heavy atom. The van der Waals surface area contributed by atoms with E-state index in [1.165, 1.54) is 5.56 Å². The molecule has 150 valence electrons. The normalized spacial score (nSPS) is 23.2. The highest BCUT2D eigenvalue weighted by Crippen LogP contribution is 2.25. The Morgan fingerprint density at radius 3 is 2.69 bits per heavy atom. The Kier molecular flexibility index (Phi) is 6.16. The van der Waals surface area contributed by atoms with Gasteiger partial charge in [0.25, 0.3) is 11.1 Å². The van der Waals surface area contributed by atoms with Crippen molar-refractivity contribution < 1.29 is 9.59 Å². The Bertz CT molecular complexity index is 912. The average molecular weight is 411 g/mol. The molecule has 2 aromatic heterocycles. The fourth-order valence-corrected chi connectivity index (χ4v) is 4.13. The van der Waals surface area contributed by atoms with Gasteiger partial charge in [-0.1, -0.05) is 6.07 Å². The molecule has 1 aliphatic heterocycles. The molecule has 3 N–H and O–H groups in total. The van der Waals surface area contributed by atoms with Crippen molar-refractivity contribution in [1.29, 1.82) is 0 Å². The molecule has 0 spiro atoms. The lowest BCUT2D eigenvalue weighted by Gasteiger charge is -2.29. The second kappa shape index (κ2) is 9.15. The van der Waals surface area contributed by atoms with Crippen LogP contribution in [0.1, 0.15) is 36.9 Å². The summed E-state index contributed by atoms with van der Waals surface area (Å²) in [5.41, 5.74) is 1.80. The van der Waals surface area contributed by atoms with Crippen LogP contribution in [-0.2, 0) is 11.3 Å². The smallest absolute Gasteiger partial charge is 0.290 e. The Labute approximate surface area is 173 Å². The predicted molar refractivity (Wildman–Crippen MR) is 112 cm³/mol. The van der Waals surface area contributed by atoms with Crippen LogP contribution in [0.25, 0.3) is 6.08 Å². The van der Waals surface area contributed by atoms with Crippen LogP contribution in [0.2, 0.25) is 0 Å². The number of rotatable bonds is 6. The van der Waals surface area contributed by atoms with Crippen molar-refractivity contribution in [2.45, 2.75) is 44.3 Å². The van der Waals surface area contributed by atoms with E-state index in [-0.39, 0.29) is 11.1 Å². The third-order valence-electron chi connectivity index (χ3n) is 4.98. The van der Waals surface area contributed by atoms with Crippen LogP contribution >= 0.6 is 11.8 Å². The van der Waals surface area contributed by atoms with Gasteiger partial charge in [0.2, 0.25) is 5.95 Å². The van der Waals surface area contributed by atoms with E-state index < -0.39 is 0 Å². The number of pyridine rings is 1. The zero-order chi connectivity index (χ0) is 20.1. The van der Waals surface area contributed by atoms with Crippen molar-refractivity contribution in [2.24, 2.45) is 0 Å². The SMILES string of the molecule is O=C1NC(=O)C(=Cc2ccnc(NC3CCC(NCc4cccnc4)CC3)n2)S1. The summed E-state index contributed by atoms with van der Waals surface area (Å²) in [5.74, 6) is 0.158. The first-order valence-electron chi connectivity index (χ1n) is 9.62. The van der Waals surface area contributed by atoms with E-state index in [0.29, 0.717) is 28.6 Å². The van der Waals surface area contributed by atoms with Crippen molar-refractivity contribution in [3.63, 3.8) is 0 Å². The van der Waals surface area contributed by atoms with Crippen molar-refractivity contribution in [1.82, 2.24) is 25.6 Å². The fraction of sp³-hybridized carbons (Fsp3) is 0.350. The van der Waals surface area contributed by atoms with Crippen LogP contribution in [0.4, 0.5) is 10.7 Å². The quantitative estimate of drug-likeness (QED) is 0.624. The van der Waals surface area contributed by atoms with Gasteiger partial charge in [0.05, 0.1) is 10.6 Å². The summed E-state index contributed by atoms with van der Waals surface area (Å²) < 4.78 is 0. The van der Waals surface area contributed by atoms with E-state index in [1.807, 2.05) is 12.3 Å². The van der Waals surface area contributed by atoms with Gasteiger partial charge >= 0.3 is 0 Å². The average Bonchev–Trinajstić information content (AvgIpc) is 3.05. The number of thioether (sulfide) groups is 1. The highest BCUT2D eigenvalue weighted by Gasteiger charge is 2.25. The molecule has 2 aromatic rings. The Hall–Kier alpha value is -2.78. The van der Waals surface area contributed by atoms with Crippen LogP contribution in [0.3, 0.4) is 0 Å². The summed E-state index contributed by atoms with van der Waals surface area (Å²) in [6.07, 6.45) is 11.2. The maximum absolute atomic E-state index is 11.7. The zero-order valence-electron chi connectivity index (χ0n) is 15.8. The van der Waals surface area contributed by atoms with E-state index in [2.05, 4.69) is 37.0 Å². The highest BCUT2D eigenvalue weighted by molar-refractivity contribution is 8.18. The largest absolute Gasteiger partial charge is 0.351 e. The third-order valence-corrected chi connectivity index (χ3v) is 5.79. The van der Waals surface area contributed by atoms with Gasteiger partial charge < -0.3 is 10.6 Å². The molecule has 0 radical (unpaired) electrons. The van der Waals surface area contributed by atoms with E-state index in [0.717, 1.165) is 44.0 Å². The lowest BCUT2D eigenvalue weighted by molar-refractivity contribution is -0.115. The molecule has 2 aliphatic rings. The van der Waals surface area contributed by atoms with Crippen LogP contribution in [0.15, 0.2) is 41.7 Å². The maximum atomic E-state index is 11.7. The molecule has 4 rings (SSSR count). The number of nitrogens with one attached hydrogen (secondary N) is 3. The maximum Gasteiger partial charge on any atom is 0.290 e. The monoisotopic (exact) mass is 410 g/mol. The summed E-state index contributed by atoms with van der Waals surface area (Å²) in [7, 11) is 0. The molecular weight excluding hydrogens is 388 g/mol. The van der Waals surface area contributed by atoms with Gasteiger partial charge in [-0.2, -0.15) is 0 Å². The molecule has 1 saturated heterocycles. The minimum absolute atomic E-state index is 0.320. The number of hydrogen-bond acceptors (Lipinski definition) is 8. The van der Waals surface area contributed by atoms with Gasteiger partial charge in [-0.3, -0.25) is 19.9 Å². The Balaban J connectivity index is 1.28. The molecule has 0 bridgehead atoms. The summed E-state index contributed by atoms with van der Waals surface area (Å²) in [4.78, 5) is 36.2. The molecule has 1 aliphatic carbocycles. The summed E-state index contributed by atoms with van der Waals surface area (Å²) in [6, 6.07) is 6.57. The first-order chi connectivity index (χ1) is 14.2. The molecule has 2 fully saturated rings. The van der Waals surface area contributed by atoms with E-state index >= 15 is 0 Å². The van der Waals surface area contributed by atoms with E-state index in [9.17, 15) is 9.59 Å². The first kappa shape index (κ1) is 19.5. The number of nitrogens with zero attached hydrogens (tertiary/aromatic N) is 3. The second-order valence-corrected chi connectivity index (χ2v) is 8.11. The van der Waals surface area contributed by atoms with Gasteiger partial charge in [0, 0.05) is 37.2 Å². The number of aromatic nitrogens is 3. The summed E-state index contributed by atoms with van der Waals surface area (Å²) >= 11 is 0.883. The molecule has 29 heavy (non-hydrogen) atoms. The molecule has 3 heterocycles. The van der Waals surface area contributed by atoms with Crippen LogP contribution in [-0.4, -0.2) is 38.2 Å². The number of amides is 2. The lowest BCUT2D eigenvalue weighted by Crippen LogP contribution is -2.36. The summed E-state index contributed by atoms with van der Waals surface area (Å²) in [5, 5.41) is 8.88. The number of carbonyl (C=O) groups excluding carboxylic acids is 2. The number of hydrogen-bond donors (Lipinski definition) is 3. The predicted octanol–water partition coefficient (Wildman–Crippen LogP) is 2.71. The van der Waals surface area contributed by atoms with Crippen LogP contribution < -0.4 is 16.0 Å². The van der Waals surface area contributed by atoms with Crippen LogP contribution in [0.5, 0.6) is 0 Å².